The molecule has 21 nitrogen and oxygen atoms in total. The molecule has 0 aromatic heterocycles. The highest BCUT2D eigenvalue weighted by molar-refractivity contribution is 7.97. The Morgan fingerprint density at radius 1 is 0.457 bits per heavy atom. The van der Waals surface area contributed by atoms with Crippen LogP contribution in [0.5, 0.6) is 5.75 Å². The molecule has 3 fully saturated rings. The zero-order valence-electron chi connectivity index (χ0n) is 77.2. The van der Waals surface area contributed by atoms with Crippen molar-refractivity contribution < 1.29 is 145 Å². The van der Waals surface area contributed by atoms with Crippen LogP contribution < -0.4 is 4.74 Å². The summed E-state index contributed by atoms with van der Waals surface area (Å²) in [7, 11) is -17.0. The molecule has 11 rings (SSSR count). The first-order valence-corrected chi connectivity index (χ1v) is 51.5. The zero-order valence-corrected chi connectivity index (χ0v) is 82.1. The van der Waals surface area contributed by atoms with Gasteiger partial charge in [0.15, 0.2) is 75.8 Å². The van der Waals surface area contributed by atoms with Gasteiger partial charge in [0.25, 0.3) is 0 Å². The number of ether oxygens (including phenoxy) is 6. The van der Waals surface area contributed by atoms with E-state index >= 15 is 0 Å². The number of carbonyl (C=O) groups excluding carboxylic acids is 3. The van der Waals surface area contributed by atoms with Crippen LogP contribution in [0, 0.1) is 49.9 Å². The van der Waals surface area contributed by atoms with E-state index in [1.165, 1.54) is 76.0 Å². The van der Waals surface area contributed by atoms with E-state index in [9.17, 15) is 111 Å². The van der Waals surface area contributed by atoms with E-state index in [1.54, 1.807) is 4.90 Å². The van der Waals surface area contributed by atoms with Gasteiger partial charge in [-0.3, -0.25) is 0 Å². The normalized spacial score (nSPS) is 16.6. The Hall–Kier alpha value is -9.38. The Labute approximate surface area is 807 Å². The number of carbonyl (C=O) groups is 3. The average molecular weight is 2060 g/mol. The van der Waals surface area contributed by atoms with Crippen molar-refractivity contribution >= 4 is 80.9 Å². The molecular formula is C99H113F12NO20S6. The summed E-state index contributed by atoms with van der Waals surface area (Å²) in [5.74, 6) is 0.550. The minimum absolute atomic E-state index is 0.0146. The predicted molar refractivity (Wildman–Crippen MR) is 498 cm³/mol. The van der Waals surface area contributed by atoms with E-state index in [-0.39, 0.29) is 101 Å². The van der Waals surface area contributed by atoms with Crippen molar-refractivity contribution in [1.29, 1.82) is 5.26 Å². The van der Waals surface area contributed by atoms with Crippen LogP contribution in [0.15, 0.2) is 283 Å². The Morgan fingerprint density at radius 3 is 1.23 bits per heavy atom. The number of alkyl halides is 12. The second kappa shape index (κ2) is 52.4. The highest BCUT2D eigenvalue weighted by Crippen LogP contribution is 2.51. The van der Waals surface area contributed by atoms with Gasteiger partial charge in [0, 0.05) is 36.3 Å². The molecule has 1 aliphatic heterocycles. The first-order valence-electron chi connectivity index (χ1n) is 43.2. The summed E-state index contributed by atoms with van der Waals surface area (Å²) in [6.07, 6.45) is -6.33. The number of fused-ring (bicyclic) bond motifs is 2. The Morgan fingerprint density at radius 2 is 0.848 bits per heavy atom. The summed E-state index contributed by atoms with van der Waals surface area (Å²) in [6, 6.07) is 74.5. The number of nitrogens with zero attached hydrogens (tertiary/aromatic N) is 1. The number of unbranched alkanes of at least 4 members (excludes halogenated alkanes) is 2. The molecule has 2 aliphatic carbocycles. The number of benzene rings is 8. The van der Waals surface area contributed by atoms with Gasteiger partial charge < -0.3 is 52.3 Å². The highest BCUT2D eigenvalue weighted by Gasteiger charge is 2.52. The van der Waals surface area contributed by atoms with E-state index in [0.717, 1.165) is 37.1 Å². The van der Waals surface area contributed by atoms with Crippen molar-refractivity contribution in [3.8, 4) is 11.8 Å². The highest BCUT2D eigenvalue weighted by atomic mass is 32.2. The first-order chi connectivity index (χ1) is 64.2. The van der Waals surface area contributed by atoms with Gasteiger partial charge in [0.1, 0.15) is 36.6 Å². The van der Waals surface area contributed by atoms with E-state index in [2.05, 4.69) is 270 Å². The summed E-state index contributed by atoms with van der Waals surface area (Å²) in [4.78, 5) is 45.0. The topological polar surface area (TPSA) is 342 Å². The Bertz CT molecular complexity index is 5440. The lowest BCUT2D eigenvalue weighted by Gasteiger charge is -2.28. The second-order valence-electron chi connectivity index (χ2n) is 34.1. The molecule has 1 heterocycles. The van der Waals surface area contributed by atoms with Crippen molar-refractivity contribution in [2.24, 2.45) is 17.8 Å². The van der Waals surface area contributed by atoms with Crippen LogP contribution in [0.25, 0.3) is 0 Å². The molecule has 0 radical (unpaired) electrons. The smallest absolute Gasteiger partial charge is 0.421 e. The molecule has 754 valence electrons. The summed E-state index contributed by atoms with van der Waals surface area (Å²) in [5, 5.41) is 13.9. The SMILES string of the molecule is C=C(COCC(F)(F)S(=O)(=O)[O-])C(=O)OC1CC2CC(CC#N)C1C2.C=C(COCC(F)(F)S(=O)(=O)[O-])C(=O)OCCCC(C)(O)C(F)(F)F.C=C(COCCCCCC(F)(F)S(=O)(=O)[O-])C(=O)Oc1ccc(C(C)(O)C(F)(F)F)cc1.CC(C)(C)c1ccc([S+]2CCCC2)cc1.Cc1ccc([S+](c2ccc(C)cc2)c2ccc(C)cc2)cc1.c1ccc([S+](c2ccccc2)c2ccccc2)cc1. The second-order valence-corrected chi connectivity index (χ2v) is 44.9. The minimum Gasteiger partial charge on any atom is -0.743 e. The molecule has 6 unspecified atom stereocenters. The molecule has 8 aromatic carbocycles. The fourth-order valence-electron chi connectivity index (χ4n) is 13.6. The first kappa shape index (κ1) is 117. The maximum atomic E-state index is 13.0. The van der Waals surface area contributed by atoms with Gasteiger partial charge in [0.2, 0.25) is 0 Å². The van der Waals surface area contributed by atoms with Crippen LogP contribution in [0.3, 0.4) is 0 Å². The Balaban J connectivity index is 0.000000257. The number of aliphatic hydroxyl groups is 2. The Kier molecular flexibility index (Phi) is 44.5. The van der Waals surface area contributed by atoms with Crippen molar-refractivity contribution in [1.82, 2.24) is 0 Å². The van der Waals surface area contributed by atoms with Gasteiger partial charge in [-0.1, -0.05) is 179 Å². The van der Waals surface area contributed by atoms with Crippen LogP contribution in [0.2, 0.25) is 0 Å². The van der Waals surface area contributed by atoms with Crippen LogP contribution >= 0.6 is 0 Å². The maximum absolute atomic E-state index is 13.0. The monoisotopic (exact) mass is 2060 g/mol. The number of nitriles is 1. The largest absolute Gasteiger partial charge is 0.743 e. The van der Waals surface area contributed by atoms with Gasteiger partial charge in [-0.2, -0.15) is 57.9 Å². The van der Waals surface area contributed by atoms with Crippen molar-refractivity contribution in [3.05, 3.63) is 277 Å². The van der Waals surface area contributed by atoms with Gasteiger partial charge in [-0.25, -0.2) is 39.6 Å². The fourth-order valence-corrected chi connectivity index (χ4v) is 20.9. The summed E-state index contributed by atoms with van der Waals surface area (Å²) < 4.78 is 274. The number of halogens is 12. The molecule has 138 heavy (non-hydrogen) atoms. The lowest BCUT2D eigenvalue weighted by Crippen LogP contribution is -2.42. The standard InChI is InChI=1S/C21H21S.C19H23F5O7S.C18H15S.C15H19F2NO6S.C14H21S.C12H17F5O7S/c1-16-4-10-19(11-5-16)22(20-12-6-17(2)7-13-20)21-14-8-18(3)9-15-21;1-13(12-30-11-5-3-4-10-18(20,21)32(27,28)29)16(25)31-15-8-6-14(7-9-15)17(2,26)19(22,23)24;1-4-10-16(11-5-1)19(17-12-6-2-7-13-17)18-14-8-3-9-15-18;1-9(7-23-8-15(16,17)25(20,21)22)14(19)24-13-6-10-4-11(2-3-18)12(13)5-10;1-14(2,3)12-6-8-13(9-7-12)15-10-4-5-11-15;1-8(6-23-7-11(13,14)25(20,21)22)9(18)24-5-3-4-10(2,19)12(15,16)17/h4-15H,1-3H3;6-9,26H,1,3-5,10-12H2,2H3,(H,27,28,29);1-15H;10-13H,1-2,4-8H2,(H,20,21,22);6-9H,4-5,10-11H2,1-3H3;19H,1,3-7H2,2H3,(H,20,21,22)/q+1;;+1;;+1;/p-3. The molecule has 1 saturated heterocycles. The third-order valence-corrected chi connectivity index (χ3v) is 31.3. The van der Waals surface area contributed by atoms with Gasteiger partial charge in [-0.05, 0) is 218 Å². The molecular weight excluding hydrogens is 1940 g/mol. The van der Waals surface area contributed by atoms with Crippen LogP contribution in [-0.4, -0.2) is 165 Å². The summed E-state index contributed by atoms with van der Waals surface area (Å²) in [5.41, 5.74) is -1.73. The molecule has 2 N–H and O–H groups in total. The number of aryl methyl sites for hydroxylation is 3. The molecule has 0 amide bonds. The molecule has 8 aromatic rings. The molecule has 2 bridgehead atoms. The van der Waals surface area contributed by atoms with E-state index in [0.29, 0.717) is 43.5 Å². The summed E-state index contributed by atoms with van der Waals surface area (Å²) >= 11 is 0. The van der Waals surface area contributed by atoms with Crippen molar-refractivity contribution in [2.75, 3.05) is 57.8 Å². The molecule has 2 saturated carbocycles. The van der Waals surface area contributed by atoms with E-state index in [1.807, 2.05) is 0 Å². The number of hydrogen-bond donors (Lipinski definition) is 2. The number of rotatable bonds is 37. The quantitative estimate of drug-likeness (QED) is 0.00694. The van der Waals surface area contributed by atoms with Crippen LogP contribution in [0.1, 0.15) is 139 Å². The lowest BCUT2D eigenvalue weighted by molar-refractivity contribution is -0.258. The van der Waals surface area contributed by atoms with Crippen LogP contribution in [0.4, 0.5) is 52.7 Å². The summed E-state index contributed by atoms with van der Waals surface area (Å²) in [6.45, 7) is 18.5. The van der Waals surface area contributed by atoms with Crippen LogP contribution in [-0.2, 0) is 112 Å². The molecule has 3 aliphatic rings. The third-order valence-electron chi connectivity index (χ3n) is 21.7. The van der Waals surface area contributed by atoms with Crippen molar-refractivity contribution in [3.63, 3.8) is 0 Å². The van der Waals surface area contributed by atoms with Crippen molar-refractivity contribution in [2.45, 2.75) is 218 Å². The number of hydrogen-bond acceptors (Lipinski definition) is 21. The fraction of sp³-hybridized carbons (Fsp3) is 0.414. The van der Waals surface area contributed by atoms with Gasteiger partial charge in [0.05, 0.1) is 71.0 Å². The predicted octanol–water partition coefficient (Wildman–Crippen LogP) is 20.8. The molecule has 6 atom stereocenters. The lowest BCUT2D eigenvalue weighted by atomic mass is 9.85. The average Bonchev–Trinajstić information content (AvgIpc) is 1.52. The minimum atomic E-state index is -5.93. The van der Waals surface area contributed by atoms with E-state index < -0.39 is 145 Å². The zero-order chi connectivity index (χ0) is 103. The van der Waals surface area contributed by atoms with E-state index in [4.69, 9.17) is 24.6 Å². The number of esters is 3. The maximum Gasteiger partial charge on any atom is 0.421 e. The van der Waals surface area contributed by atoms with Gasteiger partial charge in [-0.15, -0.1) is 0 Å². The molecule has 0 spiro atoms. The molecule has 39 heteroatoms. The van der Waals surface area contributed by atoms with Gasteiger partial charge >= 0.3 is 46.0 Å². The third kappa shape index (κ3) is 36.9.